The van der Waals surface area contributed by atoms with Crippen LogP contribution in [-0.4, -0.2) is 23.1 Å². The fourth-order valence-electron chi connectivity index (χ4n) is 1.33. The van der Waals surface area contributed by atoms with Crippen LogP contribution in [0.1, 0.15) is 38.2 Å². The van der Waals surface area contributed by atoms with Gasteiger partial charge in [-0.3, -0.25) is 0 Å². The molecule has 14 heavy (non-hydrogen) atoms. The molecule has 0 heterocycles. The molecule has 0 nitrogen and oxygen atoms in total. The molecule has 1 heteroatoms. The van der Waals surface area contributed by atoms with Crippen molar-refractivity contribution in [3.8, 4) is 0 Å². The molecule has 0 bridgehead atoms. The van der Waals surface area contributed by atoms with Crippen molar-refractivity contribution in [1.29, 1.82) is 0 Å². The number of benzene rings is 1. The van der Waals surface area contributed by atoms with Gasteiger partial charge in [0.15, 0.2) is 0 Å². The smallest absolute Gasteiger partial charge is 0.358 e. The van der Waals surface area contributed by atoms with Gasteiger partial charge in [0.2, 0.25) is 0 Å². The van der Waals surface area contributed by atoms with E-state index in [0.717, 1.165) is 0 Å². The number of hydrogen-bond donors (Lipinski definition) is 0. The third-order valence-corrected chi connectivity index (χ3v) is 2.07. The van der Waals surface area contributed by atoms with Crippen LogP contribution in [0.5, 0.6) is 0 Å². The zero-order valence-electron chi connectivity index (χ0n) is 9.55. The molecule has 0 unspecified atom stereocenters. The molecule has 0 spiro atoms. The average molecular weight is 201 g/mol. The molecular formula is C13H20Mg. The summed E-state index contributed by atoms with van der Waals surface area (Å²) < 4.78 is 0. The van der Waals surface area contributed by atoms with Crippen molar-refractivity contribution in [3.05, 3.63) is 43.3 Å². The summed E-state index contributed by atoms with van der Waals surface area (Å²) in [5.41, 5.74) is 1.36. The van der Waals surface area contributed by atoms with Crippen molar-refractivity contribution in [1.82, 2.24) is 0 Å². The van der Waals surface area contributed by atoms with Gasteiger partial charge in [-0.2, -0.15) is 35.9 Å². The van der Waals surface area contributed by atoms with Crippen LogP contribution in [-0.2, 0) is 6.42 Å². The Bertz CT molecular complexity index is 194. The van der Waals surface area contributed by atoms with E-state index in [4.69, 9.17) is 0 Å². The summed E-state index contributed by atoms with van der Waals surface area (Å²) in [6, 6.07) is 11.5. The maximum atomic E-state index is 3.25. The van der Waals surface area contributed by atoms with Gasteiger partial charge in [-0.25, -0.2) is 0 Å². The molecule has 1 aromatic rings. The summed E-state index contributed by atoms with van der Waals surface area (Å²) in [5.74, 6) is 0. The Labute approximate surface area is 105 Å². The molecule has 0 radical (unpaired) electrons. The molecule has 1 rings (SSSR count). The minimum absolute atomic E-state index is 0. The van der Waals surface area contributed by atoms with Gasteiger partial charge < -0.3 is 7.43 Å². The van der Waals surface area contributed by atoms with Crippen molar-refractivity contribution in [2.45, 2.75) is 39.0 Å². The van der Waals surface area contributed by atoms with Crippen molar-refractivity contribution in [2.75, 3.05) is 0 Å². The maximum absolute atomic E-state index is 3.25. The van der Waals surface area contributed by atoms with Crippen LogP contribution in [0.4, 0.5) is 0 Å². The zero-order valence-corrected chi connectivity index (χ0v) is 11.0. The van der Waals surface area contributed by atoms with E-state index in [9.17, 15) is 0 Å². The summed E-state index contributed by atoms with van der Waals surface area (Å²) >= 11 is 0. The van der Waals surface area contributed by atoms with Gasteiger partial charge in [0, 0.05) is 0 Å². The molecule has 0 aliphatic carbocycles. The number of aryl methyl sites for hydroxylation is 1. The zero-order chi connectivity index (χ0) is 8.65. The van der Waals surface area contributed by atoms with E-state index in [1.165, 1.54) is 37.7 Å². The van der Waals surface area contributed by atoms with Crippen molar-refractivity contribution in [2.24, 2.45) is 0 Å². The molecule has 74 valence electrons. The number of unbranched alkanes of at least 4 members (excludes halogenated alkanes) is 3. The van der Waals surface area contributed by atoms with Crippen LogP contribution in [0, 0.1) is 13.5 Å². The first-order chi connectivity index (χ1) is 5.93. The Morgan fingerprint density at radius 2 is 1.93 bits per heavy atom. The van der Waals surface area contributed by atoms with Crippen LogP contribution in [0.3, 0.4) is 0 Å². The topological polar surface area (TPSA) is 0 Å². The van der Waals surface area contributed by atoms with Crippen molar-refractivity contribution in [3.63, 3.8) is 0 Å². The Balaban J connectivity index is 0. The summed E-state index contributed by atoms with van der Waals surface area (Å²) in [4.78, 5) is 0. The van der Waals surface area contributed by atoms with E-state index >= 15 is 0 Å². The first-order valence-corrected chi connectivity index (χ1v) is 4.89. The first kappa shape index (κ1) is 16.4. The van der Waals surface area contributed by atoms with Crippen molar-refractivity contribution >= 4 is 23.1 Å². The van der Waals surface area contributed by atoms with Crippen LogP contribution in [0.2, 0.25) is 0 Å². The predicted octanol–water partition coefficient (Wildman–Crippen LogP) is 3.68. The summed E-state index contributed by atoms with van der Waals surface area (Å²) in [5, 5.41) is 0. The standard InChI is InChI=1S/C12H17.CH3.Mg/c1-2-3-4-6-9-12-10-7-5-8-11-12;;/h5,7-8,10H,2-4,6,9H2,1H3;1H3;/q2*-1;+2. The second kappa shape index (κ2) is 11.1. The molecule has 0 fully saturated rings. The third kappa shape index (κ3) is 7.40. The third-order valence-electron chi connectivity index (χ3n) is 2.07. The largest absolute Gasteiger partial charge is 2.00 e. The summed E-state index contributed by atoms with van der Waals surface area (Å²) in [6.07, 6.45) is 6.56. The van der Waals surface area contributed by atoms with Crippen molar-refractivity contribution < 1.29 is 0 Å². The Morgan fingerprint density at radius 3 is 2.50 bits per heavy atom. The molecule has 0 aliphatic rings. The van der Waals surface area contributed by atoms with Crippen LogP contribution < -0.4 is 0 Å². The molecule has 0 amide bonds. The van der Waals surface area contributed by atoms with Gasteiger partial charge >= 0.3 is 23.1 Å². The van der Waals surface area contributed by atoms with Crippen LogP contribution in [0.15, 0.2) is 24.3 Å². The Kier molecular flexibility index (Phi) is 13.0. The molecule has 0 atom stereocenters. The van der Waals surface area contributed by atoms with Crippen LogP contribution >= 0.6 is 0 Å². The van der Waals surface area contributed by atoms with E-state index in [0.29, 0.717) is 0 Å². The van der Waals surface area contributed by atoms with E-state index < -0.39 is 0 Å². The van der Waals surface area contributed by atoms with Gasteiger partial charge in [-0.05, 0) is 0 Å². The fraction of sp³-hybridized carbons (Fsp3) is 0.462. The average Bonchev–Trinajstić information content (AvgIpc) is 2.14. The SMILES string of the molecule is CCCCCCc1[c-]cccc1.[CH3-].[Mg+2]. The first-order valence-electron chi connectivity index (χ1n) is 4.89. The van der Waals surface area contributed by atoms with Gasteiger partial charge in [-0.15, -0.1) is 0 Å². The summed E-state index contributed by atoms with van der Waals surface area (Å²) in [6.45, 7) is 2.24. The number of rotatable bonds is 5. The van der Waals surface area contributed by atoms with E-state index in [1.807, 2.05) is 12.1 Å². The van der Waals surface area contributed by atoms with Gasteiger partial charge in [-0.1, -0.05) is 39.0 Å². The molecule has 0 saturated carbocycles. The molecule has 0 aromatic heterocycles. The van der Waals surface area contributed by atoms with E-state index in [2.05, 4.69) is 25.1 Å². The van der Waals surface area contributed by atoms with Gasteiger partial charge in [0.05, 0.1) is 0 Å². The Hall–Kier alpha value is -0.0138. The monoisotopic (exact) mass is 200 g/mol. The minimum atomic E-state index is 0. The predicted molar refractivity (Wildman–Crippen MR) is 65.3 cm³/mol. The second-order valence-corrected chi connectivity index (χ2v) is 3.20. The normalized spacial score (nSPS) is 8.64. The molecule has 0 N–H and O–H groups in total. The Morgan fingerprint density at radius 1 is 1.14 bits per heavy atom. The fourth-order valence-corrected chi connectivity index (χ4v) is 1.33. The molecular weight excluding hydrogens is 180 g/mol. The second-order valence-electron chi connectivity index (χ2n) is 3.20. The van der Waals surface area contributed by atoms with Gasteiger partial charge in [0.25, 0.3) is 0 Å². The van der Waals surface area contributed by atoms with E-state index in [-0.39, 0.29) is 30.5 Å². The van der Waals surface area contributed by atoms with Gasteiger partial charge in [0.1, 0.15) is 0 Å². The molecule has 0 aliphatic heterocycles. The molecule has 1 aromatic carbocycles. The van der Waals surface area contributed by atoms with E-state index in [1.54, 1.807) is 0 Å². The maximum Gasteiger partial charge on any atom is 2.00 e. The number of hydrogen-bond acceptors (Lipinski definition) is 0. The van der Waals surface area contributed by atoms with Crippen LogP contribution in [0.25, 0.3) is 0 Å². The summed E-state index contributed by atoms with van der Waals surface area (Å²) in [7, 11) is 0. The minimum Gasteiger partial charge on any atom is -0.358 e. The molecule has 0 saturated heterocycles. The quantitative estimate of drug-likeness (QED) is 0.386.